The number of nitrogens with two attached hydrogens (primary N) is 1. The summed E-state index contributed by atoms with van der Waals surface area (Å²) >= 11 is 1.47. The Hall–Kier alpha value is -0.940. The maximum absolute atomic E-state index is 10.9. The van der Waals surface area contributed by atoms with E-state index in [1.807, 2.05) is 0 Å². The molecule has 0 amide bonds. The van der Waals surface area contributed by atoms with Crippen molar-refractivity contribution in [2.75, 3.05) is 6.54 Å². The molecule has 3 N–H and O–H groups in total. The van der Waals surface area contributed by atoms with Crippen LogP contribution in [0.5, 0.6) is 0 Å². The molecule has 1 heterocycles. The average molecular weight is 228 g/mol. The molecule has 0 aliphatic heterocycles. The highest BCUT2D eigenvalue weighted by Gasteiger charge is 2.16. The largest absolute Gasteiger partial charge is 0.476 e. The van der Waals surface area contributed by atoms with E-state index in [-0.39, 0.29) is 5.69 Å². The molecule has 0 aliphatic rings. The Balaban J connectivity index is 2.93. The summed E-state index contributed by atoms with van der Waals surface area (Å²) in [5.74, 6) is -0.465. The fourth-order valence-electron chi connectivity index (χ4n) is 1.30. The number of aromatic carboxylic acids is 1. The monoisotopic (exact) mass is 228 g/mol. The summed E-state index contributed by atoms with van der Waals surface area (Å²) in [6.45, 7) is 4.64. The molecule has 0 saturated heterocycles. The molecule has 84 valence electrons. The van der Waals surface area contributed by atoms with Crippen LogP contribution in [0.2, 0.25) is 0 Å². The summed E-state index contributed by atoms with van der Waals surface area (Å²) in [5, 5.41) is 9.84. The van der Waals surface area contributed by atoms with Gasteiger partial charge in [0.25, 0.3) is 0 Å². The lowest BCUT2D eigenvalue weighted by atomic mass is 10.1. The summed E-state index contributed by atoms with van der Waals surface area (Å²) in [5.41, 5.74) is 5.61. The van der Waals surface area contributed by atoms with Crippen LogP contribution in [0.1, 0.15) is 34.2 Å². The van der Waals surface area contributed by atoms with Crippen molar-refractivity contribution in [3.8, 4) is 0 Å². The second-order valence-corrected chi connectivity index (χ2v) is 4.99. The van der Waals surface area contributed by atoms with Crippen molar-refractivity contribution in [3.63, 3.8) is 0 Å². The van der Waals surface area contributed by atoms with Gasteiger partial charge in [-0.3, -0.25) is 0 Å². The standard InChI is InChI=1S/C10H16N2O2S/c1-6(2)5-8-12-9(10(13)14)7(15-8)3-4-11/h6H,3-5,11H2,1-2H3,(H,13,14). The van der Waals surface area contributed by atoms with Crippen LogP contribution < -0.4 is 5.73 Å². The van der Waals surface area contributed by atoms with Gasteiger partial charge >= 0.3 is 5.97 Å². The van der Waals surface area contributed by atoms with E-state index >= 15 is 0 Å². The van der Waals surface area contributed by atoms with Gasteiger partial charge in [-0.25, -0.2) is 9.78 Å². The topological polar surface area (TPSA) is 76.2 Å². The van der Waals surface area contributed by atoms with Gasteiger partial charge in [0.1, 0.15) is 0 Å². The van der Waals surface area contributed by atoms with Gasteiger partial charge < -0.3 is 10.8 Å². The van der Waals surface area contributed by atoms with Gasteiger partial charge in [-0.15, -0.1) is 11.3 Å². The Morgan fingerprint density at radius 1 is 1.60 bits per heavy atom. The molecule has 0 bridgehead atoms. The molecule has 0 saturated carbocycles. The lowest BCUT2D eigenvalue weighted by Crippen LogP contribution is -2.06. The Kier molecular flexibility index (Phi) is 4.23. The summed E-state index contributed by atoms with van der Waals surface area (Å²) < 4.78 is 0. The predicted molar refractivity (Wildman–Crippen MR) is 60.4 cm³/mol. The zero-order valence-corrected chi connectivity index (χ0v) is 9.80. The number of carboxylic acids is 1. The molecule has 0 fully saturated rings. The van der Waals surface area contributed by atoms with Crippen LogP contribution in [-0.4, -0.2) is 22.6 Å². The second-order valence-electron chi connectivity index (χ2n) is 3.82. The van der Waals surface area contributed by atoms with Crippen molar-refractivity contribution in [1.29, 1.82) is 0 Å². The van der Waals surface area contributed by atoms with Gasteiger partial charge in [-0.1, -0.05) is 13.8 Å². The molecule has 1 rings (SSSR count). The number of hydrogen-bond acceptors (Lipinski definition) is 4. The highest BCUT2D eigenvalue weighted by atomic mass is 32.1. The van der Waals surface area contributed by atoms with Crippen molar-refractivity contribution in [3.05, 3.63) is 15.6 Å². The zero-order valence-electron chi connectivity index (χ0n) is 8.99. The van der Waals surface area contributed by atoms with E-state index in [0.29, 0.717) is 18.9 Å². The Labute approximate surface area is 93.1 Å². The van der Waals surface area contributed by atoms with Crippen LogP contribution in [0.15, 0.2) is 0 Å². The molecule has 0 aliphatic carbocycles. The van der Waals surface area contributed by atoms with Crippen LogP contribution in [0.4, 0.5) is 0 Å². The Morgan fingerprint density at radius 3 is 2.73 bits per heavy atom. The van der Waals surface area contributed by atoms with Crippen LogP contribution in [0.25, 0.3) is 0 Å². The number of nitrogens with zero attached hydrogens (tertiary/aromatic N) is 1. The quantitative estimate of drug-likeness (QED) is 0.801. The van der Waals surface area contributed by atoms with E-state index in [0.717, 1.165) is 16.3 Å². The SMILES string of the molecule is CC(C)Cc1nc(C(=O)O)c(CCN)s1. The molecular formula is C10H16N2O2S. The third-order valence-corrected chi connectivity index (χ3v) is 3.04. The maximum Gasteiger partial charge on any atom is 0.355 e. The minimum Gasteiger partial charge on any atom is -0.476 e. The fourth-order valence-corrected chi connectivity index (χ4v) is 2.59. The lowest BCUT2D eigenvalue weighted by molar-refractivity contribution is 0.0690. The first kappa shape index (κ1) is 12.1. The molecular weight excluding hydrogens is 212 g/mol. The minimum atomic E-state index is -0.954. The average Bonchev–Trinajstić information content (AvgIpc) is 2.47. The smallest absolute Gasteiger partial charge is 0.355 e. The van der Waals surface area contributed by atoms with Crippen molar-refractivity contribution >= 4 is 17.3 Å². The van der Waals surface area contributed by atoms with Gasteiger partial charge in [0.15, 0.2) is 5.69 Å². The number of carbonyl (C=O) groups is 1. The maximum atomic E-state index is 10.9. The number of thiazole rings is 1. The molecule has 0 atom stereocenters. The van der Waals surface area contributed by atoms with E-state index in [4.69, 9.17) is 10.8 Å². The molecule has 1 aromatic heterocycles. The van der Waals surface area contributed by atoms with Gasteiger partial charge in [-0.2, -0.15) is 0 Å². The summed E-state index contributed by atoms with van der Waals surface area (Å²) in [6.07, 6.45) is 1.42. The first-order valence-corrected chi connectivity index (χ1v) is 5.78. The summed E-state index contributed by atoms with van der Waals surface area (Å²) in [7, 11) is 0. The molecule has 5 heteroatoms. The highest BCUT2D eigenvalue weighted by molar-refractivity contribution is 7.11. The Bertz CT molecular complexity index is 347. The number of aromatic nitrogens is 1. The van der Waals surface area contributed by atoms with E-state index in [2.05, 4.69) is 18.8 Å². The van der Waals surface area contributed by atoms with Crippen molar-refractivity contribution < 1.29 is 9.90 Å². The van der Waals surface area contributed by atoms with E-state index in [1.165, 1.54) is 11.3 Å². The van der Waals surface area contributed by atoms with Crippen molar-refractivity contribution in [2.24, 2.45) is 11.7 Å². The Morgan fingerprint density at radius 2 is 2.27 bits per heavy atom. The number of carboxylic acid groups (broad SMARTS) is 1. The zero-order chi connectivity index (χ0) is 11.4. The highest BCUT2D eigenvalue weighted by Crippen LogP contribution is 2.21. The molecule has 0 unspecified atom stereocenters. The van der Waals surface area contributed by atoms with Crippen LogP contribution in [0.3, 0.4) is 0 Å². The van der Waals surface area contributed by atoms with E-state index < -0.39 is 5.97 Å². The second kappa shape index (κ2) is 5.23. The molecule has 0 spiro atoms. The first-order chi connectivity index (χ1) is 7.04. The molecule has 0 radical (unpaired) electrons. The minimum absolute atomic E-state index is 0.182. The van der Waals surface area contributed by atoms with E-state index in [9.17, 15) is 4.79 Å². The van der Waals surface area contributed by atoms with Crippen molar-refractivity contribution in [2.45, 2.75) is 26.7 Å². The first-order valence-electron chi connectivity index (χ1n) is 4.96. The van der Waals surface area contributed by atoms with Gasteiger partial charge in [0, 0.05) is 11.3 Å². The van der Waals surface area contributed by atoms with Gasteiger partial charge in [0.05, 0.1) is 5.01 Å². The number of hydrogen-bond donors (Lipinski definition) is 2. The normalized spacial score (nSPS) is 10.9. The van der Waals surface area contributed by atoms with Gasteiger partial charge in [-0.05, 0) is 18.9 Å². The molecule has 4 nitrogen and oxygen atoms in total. The number of rotatable bonds is 5. The lowest BCUT2D eigenvalue weighted by Gasteiger charge is -1.97. The molecule has 0 aromatic carbocycles. The van der Waals surface area contributed by atoms with Crippen molar-refractivity contribution in [1.82, 2.24) is 4.98 Å². The van der Waals surface area contributed by atoms with E-state index in [1.54, 1.807) is 0 Å². The van der Waals surface area contributed by atoms with Gasteiger partial charge in [0.2, 0.25) is 0 Å². The molecule has 15 heavy (non-hydrogen) atoms. The third kappa shape index (κ3) is 3.28. The van der Waals surface area contributed by atoms with Crippen LogP contribution >= 0.6 is 11.3 Å². The fraction of sp³-hybridized carbons (Fsp3) is 0.600. The third-order valence-electron chi connectivity index (χ3n) is 1.90. The summed E-state index contributed by atoms with van der Waals surface area (Å²) in [6, 6.07) is 0. The summed E-state index contributed by atoms with van der Waals surface area (Å²) in [4.78, 5) is 15.8. The predicted octanol–water partition coefficient (Wildman–Crippen LogP) is 1.54. The van der Waals surface area contributed by atoms with Crippen LogP contribution in [0, 0.1) is 5.92 Å². The van der Waals surface area contributed by atoms with Crippen LogP contribution in [-0.2, 0) is 12.8 Å². The molecule has 1 aromatic rings.